The molecule has 29 heavy (non-hydrogen) atoms. The van der Waals surface area contributed by atoms with Crippen molar-refractivity contribution in [2.45, 2.75) is 49.6 Å². The summed E-state index contributed by atoms with van der Waals surface area (Å²) in [6, 6.07) is 9.73. The largest absolute Gasteiger partial charge is 0.348 e. The van der Waals surface area contributed by atoms with Crippen molar-refractivity contribution in [2.75, 3.05) is 14.1 Å². The van der Waals surface area contributed by atoms with Gasteiger partial charge in [0.05, 0.1) is 5.39 Å². The quantitative estimate of drug-likeness (QED) is 0.435. The third-order valence-electron chi connectivity index (χ3n) is 5.23. The van der Waals surface area contributed by atoms with Gasteiger partial charge in [-0.25, -0.2) is 4.98 Å². The fourth-order valence-corrected chi connectivity index (χ4v) is 6.37. The predicted octanol–water partition coefficient (Wildman–Crippen LogP) is 4.28. The van der Waals surface area contributed by atoms with E-state index in [-0.39, 0.29) is 11.5 Å². The van der Waals surface area contributed by atoms with Gasteiger partial charge >= 0.3 is 0 Å². The summed E-state index contributed by atoms with van der Waals surface area (Å²) in [5, 5.41) is 0.995. The monoisotopic (exact) mass is 427 g/mol. The zero-order valence-electron chi connectivity index (χ0n) is 17.0. The zero-order valence-corrected chi connectivity index (χ0v) is 18.6. The van der Waals surface area contributed by atoms with E-state index < -0.39 is 5.25 Å². The van der Waals surface area contributed by atoms with Crippen molar-refractivity contribution in [3.8, 4) is 0 Å². The van der Waals surface area contributed by atoms with Crippen molar-refractivity contribution in [1.82, 2.24) is 14.5 Å². The van der Waals surface area contributed by atoms with Gasteiger partial charge in [0.25, 0.3) is 5.56 Å². The van der Waals surface area contributed by atoms with Gasteiger partial charge in [0.2, 0.25) is 5.91 Å². The number of aryl methyl sites for hydroxylation is 2. The number of nitrogens with zero attached hydrogens (tertiary/aromatic N) is 3. The maximum atomic E-state index is 13.4. The molecule has 0 spiro atoms. The Balaban J connectivity index is 1.84. The molecule has 0 aliphatic heterocycles. The van der Waals surface area contributed by atoms with Crippen LogP contribution < -0.4 is 5.56 Å². The number of carbonyl (C=O) groups is 1. The molecule has 0 saturated carbocycles. The number of likely N-dealkylation sites (N-methyl/N-ethyl adjacent to an activating group) is 1. The van der Waals surface area contributed by atoms with E-state index in [0.29, 0.717) is 11.7 Å². The molecule has 1 aromatic carbocycles. The lowest BCUT2D eigenvalue weighted by molar-refractivity contribution is -0.128. The lowest BCUT2D eigenvalue weighted by atomic mass is 10.1. The molecule has 1 aliphatic carbocycles. The number of carbonyl (C=O) groups excluding carboxylic acids is 1. The molecule has 0 fully saturated rings. The number of amides is 1. The molecule has 4 rings (SSSR count). The highest BCUT2D eigenvalue weighted by atomic mass is 32.2. The first kappa shape index (κ1) is 20.2. The third kappa shape index (κ3) is 3.73. The van der Waals surface area contributed by atoms with Crippen LogP contribution in [0.1, 0.15) is 41.0 Å². The first-order chi connectivity index (χ1) is 14.0. The molecular weight excluding hydrogens is 402 g/mol. The van der Waals surface area contributed by atoms with E-state index in [2.05, 4.69) is 6.92 Å². The van der Waals surface area contributed by atoms with E-state index in [1.807, 2.05) is 30.3 Å². The Morgan fingerprint density at radius 1 is 1.28 bits per heavy atom. The Morgan fingerprint density at radius 2 is 2.03 bits per heavy atom. The molecule has 0 unspecified atom stereocenters. The smallest absolute Gasteiger partial charge is 0.263 e. The van der Waals surface area contributed by atoms with E-state index in [4.69, 9.17) is 4.98 Å². The maximum Gasteiger partial charge on any atom is 0.263 e. The molecule has 0 N–H and O–H groups in total. The van der Waals surface area contributed by atoms with Crippen LogP contribution in [-0.2, 0) is 24.2 Å². The van der Waals surface area contributed by atoms with E-state index in [1.54, 1.807) is 34.9 Å². The molecule has 5 nitrogen and oxygen atoms in total. The number of thiophene rings is 1. The summed E-state index contributed by atoms with van der Waals surface area (Å²) in [5.41, 5.74) is 2.16. The molecule has 0 bridgehead atoms. The molecular formula is C22H25N3O2S2. The number of rotatable bonds is 6. The third-order valence-corrected chi connectivity index (χ3v) is 7.65. The average molecular weight is 428 g/mol. The number of hydrogen-bond donors (Lipinski definition) is 0. The number of aromatic nitrogens is 2. The summed E-state index contributed by atoms with van der Waals surface area (Å²) in [4.78, 5) is 35.0. The minimum absolute atomic E-state index is 0.00716. The summed E-state index contributed by atoms with van der Waals surface area (Å²) >= 11 is 3.03. The fourth-order valence-electron chi connectivity index (χ4n) is 3.80. The Hall–Kier alpha value is -2.12. The summed E-state index contributed by atoms with van der Waals surface area (Å²) < 4.78 is 1.78. The van der Waals surface area contributed by atoms with Gasteiger partial charge in [-0.1, -0.05) is 49.0 Å². The highest BCUT2D eigenvalue weighted by molar-refractivity contribution is 8.00. The Labute approximate surface area is 178 Å². The summed E-state index contributed by atoms with van der Waals surface area (Å²) in [7, 11) is 3.52. The van der Waals surface area contributed by atoms with Crippen LogP contribution in [0.4, 0.5) is 0 Å². The molecule has 2 heterocycles. The normalized spacial score (nSPS) is 14.2. The average Bonchev–Trinajstić information content (AvgIpc) is 3.29. The number of hydrogen-bond acceptors (Lipinski definition) is 5. The van der Waals surface area contributed by atoms with Crippen LogP contribution in [0.2, 0.25) is 0 Å². The van der Waals surface area contributed by atoms with Crippen molar-refractivity contribution in [3.63, 3.8) is 0 Å². The summed E-state index contributed by atoms with van der Waals surface area (Å²) in [6.45, 7) is 2.66. The first-order valence-corrected chi connectivity index (χ1v) is 11.7. The van der Waals surface area contributed by atoms with E-state index in [1.165, 1.54) is 22.2 Å². The van der Waals surface area contributed by atoms with Gasteiger partial charge in [0.1, 0.15) is 10.1 Å². The van der Waals surface area contributed by atoms with Crippen LogP contribution >= 0.6 is 23.1 Å². The van der Waals surface area contributed by atoms with Gasteiger partial charge < -0.3 is 4.90 Å². The molecule has 7 heteroatoms. The summed E-state index contributed by atoms with van der Waals surface area (Å²) in [5.74, 6) is -0.00716. The molecule has 0 radical (unpaired) electrons. The Morgan fingerprint density at radius 3 is 2.72 bits per heavy atom. The minimum atomic E-state index is -0.439. The number of fused-ring (bicyclic) bond motifs is 3. The zero-order chi connectivity index (χ0) is 20.5. The molecule has 1 amide bonds. The van der Waals surface area contributed by atoms with Gasteiger partial charge in [-0.05, 0) is 36.8 Å². The highest BCUT2D eigenvalue weighted by Crippen LogP contribution is 2.39. The number of thioether (sulfide) groups is 1. The Bertz CT molecular complexity index is 1100. The second-order valence-corrected chi connectivity index (χ2v) is 9.69. The highest BCUT2D eigenvalue weighted by Gasteiger charge is 2.28. The van der Waals surface area contributed by atoms with Crippen molar-refractivity contribution < 1.29 is 4.79 Å². The SMILES string of the molecule is CCCn1c(S[C@H](C(=O)N(C)C)c2ccccc2)nc2sc3c(c2c1=O)CCC3. The predicted molar refractivity (Wildman–Crippen MR) is 120 cm³/mol. The second-order valence-electron chi connectivity index (χ2n) is 7.53. The fraction of sp³-hybridized carbons (Fsp3) is 0.409. The maximum absolute atomic E-state index is 13.4. The van der Waals surface area contributed by atoms with Crippen LogP contribution in [0.15, 0.2) is 40.3 Å². The lowest BCUT2D eigenvalue weighted by Gasteiger charge is -2.21. The second kappa shape index (κ2) is 8.32. The summed E-state index contributed by atoms with van der Waals surface area (Å²) in [6.07, 6.45) is 3.97. The van der Waals surface area contributed by atoms with Gasteiger partial charge in [0.15, 0.2) is 5.16 Å². The molecule has 1 aliphatic rings. The standard InChI is InChI=1S/C22H25N3O2S2/c1-4-13-25-20(26)17-15-11-8-12-16(15)28-19(17)23-22(25)29-18(21(27)24(2)3)14-9-6-5-7-10-14/h5-7,9-10,18H,4,8,11-13H2,1-3H3/t18-/m0/s1. The van der Waals surface area contributed by atoms with Crippen LogP contribution in [-0.4, -0.2) is 34.5 Å². The van der Waals surface area contributed by atoms with Crippen molar-refractivity contribution in [1.29, 1.82) is 0 Å². The minimum Gasteiger partial charge on any atom is -0.348 e. The van der Waals surface area contributed by atoms with E-state index in [9.17, 15) is 9.59 Å². The molecule has 3 aromatic rings. The van der Waals surface area contributed by atoms with Crippen molar-refractivity contribution in [2.24, 2.45) is 0 Å². The first-order valence-electron chi connectivity index (χ1n) is 9.99. The van der Waals surface area contributed by atoms with Crippen LogP contribution in [0, 0.1) is 0 Å². The molecule has 1 atom stereocenters. The molecule has 0 saturated heterocycles. The van der Waals surface area contributed by atoms with Crippen LogP contribution in [0.5, 0.6) is 0 Å². The van der Waals surface area contributed by atoms with Crippen LogP contribution in [0.25, 0.3) is 10.2 Å². The molecule has 2 aromatic heterocycles. The molecule has 152 valence electrons. The van der Waals surface area contributed by atoms with Gasteiger partial charge in [-0.15, -0.1) is 11.3 Å². The van der Waals surface area contributed by atoms with E-state index >= 15 is 0 Å². The Kier molecular flexibility index (Phi) is 5.79. The van der Waals surface area contributed by atoms with Crippen molar-refractivity contribution in [3.05, 3.63) is 56.7 Å². The van der Waals surface area contributed by atoms with Crippen molar-refractivity contribution >= 4 is 39.2 Å². The number of benzene rings is 1. The van der Waals surface area contributed by atoms with Gasteiger partial charge in [-0.2, -0.15) is 0 Å². The van der Waals surface area contributed by atoms with Gasteiger partial charge in [-0.3, -0.25) is 14.2 Å². The van der Waals surface area contributed by atoms with Gasteiger partial charge in [0, 0.05) is 25.5 Å². The van der Waals surface area contributed by atoms with Crippen LogP contribution in [0.3, 0.4) is 0 Å². The topological polar surface area (TPSA) is 55.2 Å². The lowest BCUT2D eigenvalue weighted by Crippen LogP contribution is -2.28. The van der Waals surface area contributed by atoms with E-state index in [0.717, 1.165) is 41.5 Å².